The molecule has 28 heavy (non-hydrogen) atoms. The van der Waals surface area contributed by atoms with Crippen molar-refractivity contribution >= 4 is 5.91 Å². The highest BCUT2D eigenvalue weighted by Gasteiger charge is 2.11. The van der Waals surface area contributed by atoms with Gasteiger partial charge in [-0.2, -0.15) is 4.98 Å². The van der Waals surface area contributed by atoms with Crippen molar-refractivity contribution in [3.05, 3.63) is 65.3 Å². The summed E-state index contributed by atoms with van der Waals surface area (Å²) in [7, 11) is 0. The lowest BCUT2D eigenvalue weighted by Crippen LogP contribution is -2.28. The lowest BCUT2D eigenvalue weighted by atomic mass is 10.1. The highest BCUT2D eigenvalue weighted by atomic mass is 19.1. The normalized spacial score (nSPS) is 10.7. The van der Waals surface area contributed by atoms with Gasteiger partial charge in [-0.05, 0) is 49.7 Å². The van der Waals surface area contributed by atoms with Gasteiger partial charge in [0.2, 0.25) is 17.6 Å². The van der Waals surface area contributed by atoms with E-state index in [4.69, 9.17) is 9.26 Å². The minimum atomic E-state index is -0.328. The van der Waals surface area contributed by atoms with Crippen LogP contribution in [-0.2, 0) is 11.2 Å². The van der Waals surface area contributed by atoms with Gasteiger partial charge >= 0.3 is 0 Å². The molecule has 0 saturated carbocycles. The molecule has 146 valence electrons. The number of aromatic nitrogens is 2. The first-order valence-corrected chi connectivity index (χ1v) is 9.06. The minimum Gasteiger partial charge on any atom is -0.491 e. The molecule has 1 aromatic heterocycles. The van der Waals surface area contributed by atoms with Crippen LogP contribution in [0.2, 0.25) is 0 Å². The molecule has 2 aromatic carbocycles. The Morgan fingerprint density at radius 1 is 1.18 bits per heavy atom. The minimum absolute atomic E-state index is 0.120. The Labute approximate surface area is 162 Å². The van der Waals surface area contributed by atoms with Crippen molar-refractivity contribution in [1.82, 2.24) is 15.5 Å². The molecule has 0 atom stereocenters. The van der Waals surface area contributed by atoms with E-state index in [1.165, 1.54) is 17.7 Å². The standard InChI is InChI=1S/C21H22FN3O3/c1-14-3-8-18(15(2)13-14)27-12-11-23-19(26)9-10-20-24-21(25-28-20)16-4-6-17(22)7-5-16/h3-8,13H,9-12H2,1-2H3,(H,23,26). The van der Waals surface area contributed by atoms with Crippen LogP contribution in [0, 0.1) is 19.7 Å². The Morgan fingerprint density at radius 3 is 2.71 bits per heavy atom. The zero-order chi connectivity index (χ0) is 19.9. The fraction of sp³-hybridized carbons (Fsp3) is 0.286. The summed E-state index contributed by atoms with van der Waals surface area (Å²) < 4.78 is 23.8. The summed E-state index contributed by atoms with van der Waals surface area (Å²) >= 11 is 0. The Morgan fingerprint density at radius 2 is 1.96 bits per heavy atom. The van der Waals surface area contributed by atoms with E-state index >= 15 is 0 Å². The second kappa shape index (κ2) is 9.12. The molecule has 1 N–H and O–H groups in total. The molecule has 0 aliphatic rings. The molecule has 6 nitrogen and oxygen atoms in total. The molecule has 0 bridgehead atoms. The molecular weight excluding hydrogens is 361 g/mol. The smallest absolute Gasteiger partial charge is 0.227 e. The van der Waals surface area contributed by atoms with E-state index in [0.29, 0.717) is 36.9 Å². The van der Waals surface area contributed by atoms with Crippen molar-refractivity contribution < 1.29 is 18.4 Å². The van der Waals surface area contributed by atoms with E-state index < -0.39 is 0 Å². The number of rotatable bonds is 8. The lowest BCUT2D eigenvalue weighted by Gasteiger charge is -2.10. The number of ether oxygens (including phenoxy) is 1. The zero-order valence-corrected chi connectivity index (χ0v) is 15.9. The summed E-state index contributed by atoms with van der Waals surface area (Å²) in [5.41, 5.74) is 2.91. The molecule has 0 aliphatic heterocycles. The van der Waals surface area contributed by atoms with Crippen LogP contribution in [0.5, 0.6) is 5.75 Å². The van der Waals surface area contributed by atoms with E-state index in [-0.39, 0.29) is 18.1 Å². The molecule has 0 saturated heterocycles. The van der Waals surface area contributed by atoms with Crippen LogP contribution in [0.25, 0.3) is 11.4 Å². The van der Waals surface area contributed by atoms with Crippen LogP contribution in [0.1, 0.15) is 23.4 Å². The van der Waals surface area contributed by atoms with Crippen LogP contribution in [0.3, 0.4) is 0 Å². The Kier molecular flexibility index (Phi) is 6.37. The summed E-state index contributed by atoms with van der Waals surface area (Å²) in [5, 5.41) is 6.66. The van der Waals surface area contributed by atoms with E-state index in [0.717, 1.165) is 11.3 Å². The number of halogens is 1. The zero-order valence-electron chi connectivity index (χ0n) is 15.9. The third kappa shape index (κ3) is 5.39. The summed E-state index contributed by atoms with van der Waals surface area (Å²) in [6, 6.07) is 11.8. The van der Waals surface area contributed by atoms with Gasteiger partial charge in [0.15, 0.2) is 0 Å². The number of amides is 1. The molecule has 0 unspecified atom stereocenters. The first-order valence-electron chi connectivity index (χ1n) is 9.06. The summed E-state index contributed by atoms with van der Waals surface area (Å²) in [6.07, 6.45) is 0.562. The topological polar surface area (TPSA) is 77.2 Å². The van der Waals surface area contributed by atoms with Crippen molar-refractivity contribution in [3.8, 4) is 17.1 Å². The van der Waals surface area contributed by atoms with Gasteiger partial charge in [-0.15, -0.1) is 0 Å². The highest BCUT2D eigenvalue weighted by molar-refractivity contribution is 5.76. The van der Waals surface area contributed by atoms with Gasteiger partial charge in [0, 0.05) is 18.4 Å². The maximum absolute atomic E-state index is 13.0. The van der Waals surface area contributed by atoms with Gasteiger partial charge < -0.3 is 14.6 Å². The van der Waals surface area contributed by atoms with Crippen molar-refractivity contribution in [2.75, 3.05) is 13.2 Å². The Balaban J connectivity index is 1.39. The lowest BCUT2D eigenvalue weighted by molar-refractivity contribution is -0.121. The van der Waals surface area contributed by atoms with Crippen molar-refractivity contribution in [2.24, 2.45) is 0 Å². The average molecular weight is 383 g/mol. The number of nitrogens with zero attached hydrogens (tertiary/aromatic N) is 2. The third-order valence-corrected chi connectivity index (χ3v) is 4.15. The van der Waals surface area contributed by atoms with Gasteiger partial charge in [-0.1, -0.05) is 22.9 Å². The Bertz CT molecular complexity index is 938. The van der Waals surface area contributed by atoms with Crippen LogP contribution < -0.4 is 10.1 Å². The fourth-order valence-corrected chi connectivity index (χ4v) is 2.69. The van der Waals surface area contributed by atoms with Gasteiger partial charge in [0.05, 0.1) is 6.54 Å². The van der Waals surface area contributed by atoms with Gasteiger partial charge in [-0.25, -0.2) is 4.39 Å². The van der Waals surface area contributed by atoms with Crippen LogP contribution in [0.4, 0.5) is 4.39 Å². The molecule has 0 fully saturated rings. The number of carbonyl (C=O) groups excluding carboxylic acids is 1. The number of nitrogens with one attached hydrogen (secondary N) is 1. The first kappa shape index (κ1) is 19.5. The largest absolute Gasteiger partial charge is 0.491 e. The number of hydrogen-bond acceptors (Lipinski definition) is 5. The second-order valence-corrected chi connectivity index (χ2v) is 6.49. The molecule has 0 radical (unpaired) electrons. The first-order chi connectivity index (χ1) is 13.5. The molecule has 1 amide bonds. The summed E-state index contributed by atoms with van der Waals surface area (Å²) in [5.74, 6) is 1.11. The second-order valence-electron chi connectivity index (χ2n) is 6.49. The summed E-state index contributed by atoms with van der Waals surface area (Å²) in [6.45, 7) is 4.83. The number of carbonyl (C=O) groups is 1. The third-order valence-electron chi connectivity index (χ3n) is 4.15. The molecule has 7 heteroatoms. The van der Waals surface area contributed by atoms with Crippen LogP contribution >= 0.6 is 0 Å². The van der Waals surface area contributed by atoms with Crippen LogP contribution in [0.15, 0.2) is 47.0 Å². The van der Waals surface area contributed by atoms with Crippen molar-refractivity contribution in [3.63, 3.8) is 0 Å². The fourth-order valence-electron chi connectivity index (χ4n) is 2.69. The quantitative estimate of drug-likeness (QED) is 0.601. The number of benzene rings is 2. The predicted molar refractivity (Wildman–Crippen MR) is 102 cm³/mol. The van der Waals surface area contributed by atoms with E-state index in [1.54, 1.807) is 12.1 Å². The molecule has 0 spiro atoms. The Hall–Kier alpha value is -3.22. The van der Waals surface area contributed by atoms with Crippen molar-refractivity contribution in [2.45, 2.75) is 26.7 Å². The van der Waals surface area contributed by atoms with E-state index in [2.05, 4.69) is 21.5 Å². The molecular formula is C21H22FN3O3. The average Bonchev–Trinajstić information content (AvgIpc) is 3.14. The molecule has 1 heterocycles. The van der Waals surface area contributed by atoms with E-state index in [1.807, 2.05) is 26.0 Å². The van der Waals surface area contributed by atoms with Crippen molar-refractivity contribution in [1.29, 1.82) is 0 Å². The summed E-state index contributed by atoms with van der Waals surface area (Å²) in [4.78, 5) is 16.2. The SMILES string of the molecule is Cc1ccc(OCCNC(=O)CCc2nc(-c3ccc(F)cc3)no2)c(C)c1. The molecule has 3 rings (SSSR count). The van der Waals surface area contributed by atoms with E-state index in [9.17, 15) is 9.18 Å². The predicted octanol–water partition coefficient (Wildman–Crippen LogP) is 3.62. The number of aryl methyl sites for hydroxylation is 3. The van der Waals surface area contributed by atoms with Crippen LogP contribution in [-0.4, -0.2) is 29.2 Å². The number of hydrogen-bond donors (Lipinski definition) is 1. The molecule has 3 aromatic rings. The maximum Gasteiger partial charge on any atom is 0.227 e. The maximum atomic E-state index is 13.0. The van der Waals surface area contributed by atoms with Gasteiger partial charge in [0.25, 0.3) is 0 Å². The van der Waals surface area contributed by atoms with Gasteiger partial charge in [0.1, 0.15) is 18.2 Å². The van der Waals surface area contributed by atoms with Gasteiger partial charge in [-0.3, -0.25) is 4.79 Å². The monoisotopic (exact) mass is 383 g/mol. The molecule has 0 aliphatic carbocycles. The highest BCUT2D eigenvalue weighted by Crippen LogP contribution is 2.18.